The number of esters is 3. The van der Waals surface area contributed by atoms with E-state index in [9.17, 15) is 14.4 Å². The minimum absolute atomic E-state index is 0.105. The molecule has 0 saturated heterocycles. The first-order valence-electron chi connectivity index (χ1n) is 22.5. The van der Waals surface area contributed by atoms with Crippen molar-refractivity contribution in [3.05, 3.63) is 72.9 Å². The quantitative estimate of drug-likeness (QED) is 0.0204. The zero-order chi connectivity index (χ0) is 40.1. The Morgan fingerprint density at radius 2 is 0.800 bits per heavy atom. The average Bonchev–Trinajstić information content (AvgIpc) is 3.18. The number of carbonyl (C=O) groups is 3. The predicted octanol–water partition coefficient (Wildman–Crippen LogP) is 14.3. The Bertz CT molecular complexity index is 1070. The maximum Gasteiger partial charge on any atom is 0.306 e. The van der Waals surface area contributed by atoms with E-state index in [0.717, 1.165) is 83.5 Å². The van der Waals surface area contributed by atoms with Crippen molar-refractivity contribution in [1.29, 1.82) is 0 Å². The Balaban J connectivity index is 4.46. The molecule has 6 nitrogen and oxygen atoms in total. The van der Waals surface area contributed by atoms with Gasteiger partial charge in [0.1, 0.15) is 13.2 Å². The van der Waals surface area contributed by atoms with Crippen LogP contribution in [0, 0.1) is 0 Å². The summed E-state index contributed by atoms with van der Waals surface area (Å²) in [5.41, 5.74) is 0. The monoisotopic (exact) mass is 767 g/mol. The summed E-state index contributed by atoms with van der Waals surface area (Å²) in [5, 5.41) is 0. The molecule has 0 aliphatic carbocycles. The fourth-order valence-corrected chi connectivity index (χ4v) is 5.79. The molecule has 0 bridgehead atoms. The number of carbonyl (C=O) groups excluding carboxylic acids is 3. The molecule has 0 aromatic rings. The highest BCUT2D eigenvalue weighted by Crippen LogP contribution is 2.12. The van der Waals surface area contributed by atoms with Gasteiger partial charge in [0.05, 0.1) is 0 Å². The number of rotatable bonds is 39. The smallest absolute Gasteiger partial charge is 0.306 e. The van der Waals surface area contributed by atoms with Gasteiger partial charge in [-0.25, -0.2) is 0 Å². The second-order valence-corrected chi connectivity index (χ2v) is 14.6. The van der Waals surface area contributed by atoms with Crippen molar-refractivity contribution >= 4 is 17.9 Å². The molecule has 0 rings (SSSR count). The summed E-state index contributed by atoms with van der Waals surface area (Å²) < 4.78 is 16.6. The summed E-state index contributed by atoms with van der Waals surface area (Å²) in [5.74, 6) is -0.988. The van der Waals surface area contributed by atoms with Crippen LogP contribution in [0.5, 0.6) is 0 Å². The minimum atomic E-state index is -0.807. The van der Waals surface area contributed by atoms with E-state index in [-0.39, 0.29) is 37.5 Å². The second-order valence-electron chi connectivity index (χ2n) is 14.6. The first kappa shape index (κ1) is 51.9. The molecule has 0 N–H and O–H groups in total. The van der Waals surface area contributed by atoms with Crippen LogP contribution in [-0.4, -0.2) is 37.2 Å². The van der Waals surface area contributed by atoms with E-state index in [1.54, 1.807) is 0 Å². The van der Waals surface area contributed by atoms with Gasteiger partial charge in [0, 0.05) is 19.3 Å². The van der Waals surface area contributed by atoms with Crippen molar-refractivity contribution in [1.82, 2.24) is 0 Å². The molecule has 0 fully saturated rings. The van der Waals surface area contributed by atoms with Gasteiger partial charge < -0.3 is 14.2 Å². The van der Waals surface area contributed by atoms with Crippen molar-refractivity contribution in [3.63, 3.8) is 0 Å². The van der Waals surface area contributed by atoms with Gasteiger partial charge in [0.15, 0.2) is 6.10 Å². The summed E-state index contributed by atoms with van der Waals surface area (Å²) in [7, 11) is 0. The summed E-state index contributed by atoms with van der Waals surface area (Å²) in [4.78, 5) is 37.7. The van der Waals surface area contributed by atoms with Crippen LogP contribution in [0.15, 0.2) is 72.9 Å². The molecule has 55 heavy (non-hydrogen) atoms. The lowest BCUT2D eigenvalue weighted by molar-refractivity contribution is -0.167. The zero-order valence-corrected chi connectivity index (χ0v) is 35.7. The maximum atomic E-state index is 12.7. The molecule has 314 valence electrons. The molecule has 0 saturated carbocycles. The van der Waals surface area contributed by atoms with E-state index in [0.29, 0.717) is 19.3 Å². The molecule has 1 atom stereocenters. The summed E-state index contributed by atoms with van der Waals surface area (Å²) in [6, 6.07) is 0. The molecule has 6 heteroatoms. The van der Waals surface area contributed by atoms with Crippen molar-refractivity contribution in [2.45, 2.75) is 207 Å². The van der Waals surface area contributed by atoms with Gasteiger partial charge in [0.25, 0.3) is 0 Å². The topological polar surface area (TPSA) is 78.9 Å². The molecule has 1 unspecified atom stereocenters. The first-order chi connectivity index (χ1) is 27.0. The number of unbranched alkanes of at least 4 members (excludes halogenated alkanes) is 17. The third kappa shape index (κ3) is 41.8. The third-order valence-corrected chi connectivity index (χ3v) is 9.19. The number of ether oxygens (including phenoxy) is 3. The van der Waals surface area contributed by atoms with Crippen molar-refractivity contribution in [2.24, 2.45) is 0 Å². The Morgan fingerprint density at radius 3 is 1.35 bits per heavy atom. The SMILES string of the molecule is CC/C=C\C/C=C\C/C=C\CCCC(=O)OC(COC(=O)CCCCCCC/C=C\CCCC)COC(=O)CCCCCCCC/C=C\C=C/CCCCC. The molecule has 0 heterocycles. The highest BCUT2D eigenvalue weighted by molar-refractivity contribution is 5.71. The predicted molar refractivity (Wildman–Crippen MR) is 233 cm³/mol. The normalized spacial score (nSPS) is 12.7. The van der Waals surface area contributed by atoms with Gasteiger partial charge in [-0.1, -0.05) is 164 Å². The lowest BCUT2D eigenvalue weighted by atomic mass is 10.1. The van der Waals surface area contributed by atoms with Crippen molar-refractivity contribution in [2.75, 3.05) is 13.2 Å². The van der Waals surface area contributed by atoms with E-state index in [4.69, 9.17) is 14.2 Å². The molecule has 0 aliphatic heterocycles. The minimum Gasteiger partial charge on any atom is -0.462 e. The largest absolute Gasteiger partial charge is 0.462 e. The molecular formula is C49H82O6. The summed E-state index contributed by atoms with van der Waals surface area (Å²) in [6.07, 6.45) is 53.2. The Kier molecular flexibility index (Phi) is 41.1. The Morgan fingerprint density at radius 1 is 0.400 bits per heavy atom. The highest BCUT2D eigenvalue weighted by Gasteiger charge is 2.19. The average molecular weight is 767 g/mol. The Hall–Kier alpha value is -3.15. The van der Waals surface area contributed by atoms with Gasteiger partial charge in [-0.2, -0.15) is 0 Å². The van der Waals surface area contributed by atoms with Crippen LogP contribution in [0.4, 0.5) is 0 Å². The van der Waals surface area contributed by atoms with Crippen LogP contribution in [-0.2, 0) is 28.6 Å². The van der Waals surface area contributed by atoms with Crippen LogP contribution >= 0.6 is 0 Å². The summed E-state index contributed by atoms with van der Waals surface area (Å²) in [6.45, 7) is 6.36. The fourth-order valence-electron chi connectivity index (χ4n) is 5.79. The third-order valence-electron chi connectivity index (χ3n) is 9.19. The van der Waals surface area contributed by atoms with Gasteiger partial charge in [0.2, 0.25) is 0 Å². The maximum absolute atomic E-state index is 12.7. The first-order valence-corrected chi connectivity index (χ1v) is 22.5. The zero-order valence-electron chi connectivity index (χ0n) is 35.7. The lowest BCUT2D eigenvalue weighted by Gasteiger charge is -2.18. The molecular weight excluding hydrogens is 685 g/mol. The molecule has 0 aliphatic rings. The lowest BCUT2D eigenvalue weighted by Crippen LogP contribution is -2.30. The number of hydrogen-bond acceptors (Lipinski definition) is 6. The van der Waals surface area contributed by atoms with Crippen LogP contribution in [0.1, 0.15) is 201 Å². The van der Waals surface area contributed by atoms with Crippen LogP contribution in [0.2, 0.25) is 0 Å². The highest BCUT2D eigenvalue weighted by atomic mass is 16.6. The molecule has 0 aromatic heterocycles. The Labute approximate surface area is 338 Å². The van der Waals surface area contributed by atoms with E-state index in [2.05, 4.69) is 93.7 Å². The van der Waals surface area contributed by atoms with Crippen LogP contribution in [0.25, 0.3) is 0 Å². The van der Waals surface area contributed by atoms with E-state index >= 15 is 0 Å². The second kappa shape index (κ2) is 43.6. The van der Waals surface area contributed by atoms with Gasteiger partial charge in [-0.3, -0.25) is 14.4 Å². The molecule has 0 amide bonds. The van der Waals surface area contributed by atoms with E-state index in [1.165, 1.54) is 70.6 Å². The molecule has 0 aromatic carbocycles. The fraction of sp³-hybridized carbons (Fsp3) is 0.694. The van der Waals surface area contributed by atoms with E-state index in [1.807, 2.05) is 0 Å². The molecule has 0 radical (unpaired) electrons. The van der Waals surface area contributed by atoms with Crippen molar-refractivity contribution < 1.29 is 28.6 Å². The number of allylic oxidation sites excluding steroid dienone is 12. The van der Waals surface area contributed by atoms with E-state index < -0.39 is 6.10 Å². The van der Waals surface area contributed by atoms with Gasteiger partial charge in [-0.05, 0) is 89.9 Å². The number of hydrogen-bond donors (Lipinski definition) is 0. The molecule has 0 spiro atoms. The standard InChI is InChI=1S/C49H82O6/c1-4-7-10-13-16-19-22-23-24-25-28-30-33-36-39-42-48(51)54-45-46(55-49(52)43-40-37-34-31-27-21-18-15-12-9-6-3)44-53-47(50)41-38-35-32-29-26-20-17-14-11-8-5-2/h9,12,14,16-19,21-23,31,34,46H,4-8,10-11,13,15,20,24-30,32-33,35-45H2,1-3H3/b12-9-,17-14-,19-16-,21-18-,23-22-,34-31-. The summed E-state index contributed by atoms with van der Waals surface area (Å²) >= 11 is 0. The van der Waals surface area contributed by atoms with Crippen molar-refractivity contribution in [3.8, 4) is 0 Å². The van der Waals surface area contributed by atoms with Crippen LogP contribution < -0.4 is 0 Å². The van der Waals surface area contributed by atoms with Gasteiger partial charge in [-0.15, -0.1) is 0 Å². The van der Waals surface area contributed by atoms with Gasteiger partial charge >= 0.3 is 17.9 Å². The van der Waals surface area contributed by atoms with Crippen LogP contribution in [0.3, 0.4) is 0 Å².